The summed E-state index contributed by atoms with van der Waals surface area (Å²) in [7, 11) is 0. The third kappa shape index (κ3) is 2.23. The molecule has 0 radical (unpaired) electrons. The number of H-pyrrole nitrogens is 1. The van der Waals surface area contributed by atoms with Crippen molar-refractivity contribution in [2.75, 3.05) is 18.4 Å². The van der Waals surface area contributed by atoms with Crippen LogP contribution < -0.4 is 11.1 Å². The maximum Gasteiger partial charge on any atom is 0.0753 e. The van der Waals surface area contributed by atoms with Gasteiger partial charge in [-0.3, -0.25) is 5.10 Å². The predicted octanol–water partition coefficient (Wildman–Crippen LogP) is 0.479. The van der Waals surface area contributed by atoms with Crippen LogP contribution >= 0.6 is 0 Å². The third-order valence-electron chi connectivity index (χ3n) is 1.53. The predicted molar refractivity (Wildman–Crippen MR) is 45.5 cm³/mol. The van der Waals surface area contributed by atoms with Crippen LogP contribution in [0.2, 0.25) is 0 Å². The first kappa shape index (κ1) is 8.07. The standard InChI is InChI=1S/C7H14N4/c1-6-7(5-10-11-6)9-4-2-3-8/h5,9H,2-4,8H2,1H3,(H,10,11). The average molecular weight is 154 g/mol. The third-order valence-corrected chi connectivity index (χ3v) is 1.53. The molecule has 1 aromatic heterocycles. The molecule has 4 heteroatoms. The molecule has 0 aromatic carbocycles. The largest absolute Gasteiger partial charge is 0.382 e. The van der Waals surface area contributed by atoms with Gasteiger partial charge in [-0.15, -0.1) is 0 Å². The van der Waals surface area contributed by atoms with Crippen LogP contribution in [-0.2, 0) is 0 Å². The molecule has 4 nitrogen and oxygen atoms in total. The van der Waals surface area contributed by atoms with E-state index in [1.54, 1.807) is 6.20 Å². The van der Waals surface area contributed by atoms with E-state index in [4.69, 9.17) is 5.73 Å². The van der Waals surface area contributed by atoms with Crippen molar-refractivity contribution in [1.82, 2.24) is 10.2 Å². The lowest BCUT2D eigenvalue weighted by Gasteiger charge is -2.01. The molecule has 0 fully saturated rings. The SMILES string of the molecule is Cc1[nH]ncc1NCCCN. The van der Waals surface area contributed by atoms with Crippen molar-refractivity contribution in [2.45, 2.75) is 13.3 Å². The van der Waals surface area contributed by atoms with Crippen LogP contribution in [0.3, 0.4) is 0 Å². The number of nitrogens with zero attached hydrogens (tertiary/aromatic N) is 1. The molecule has 1 aromatic rings. The highest BCUT2D eigenvalue weighted by Crippen LogP contribution is 2.08. The van der Waals surface area contributed by atoms with E-state index in [1.807, 2.05) is 6.92 Å². The summed E-state index contributed by atoms with van der Waals surface area (Å²) in [5, 5.41) is 9.95. The van der Waals surface area contributed by atoms with Gasteiger partial charge in [0.2, 0.25) is 0 Å². The van der Waals surface area contributed by atoms with Gasteiger partial charge < -0.3 is 11.1 Å². The topological polar surface area (TPSA) is 66.7 Å². The number of anilines is 1. The van der Waals surface area contributed by atoms with E-state index in [1.165, 1.54) is 0 Å². The first-order chi connectivity index (χ1) is 5.34. The number of aryl methyl sites for hydroxylation is 1. The van der Waals surface area contributed by atoms with E-state index in [-0.39, 0.29) is 0 Å². The Kier molecular flexibility index (Phi) is 2.92. The molecule has 0 aliphatic heterocycles. The van der Waals surface area contributed by atoms with Gasteiger partial charge in [0.1, 0.15) is 0 Å². The fourth-order valence-corrected chi connectivity index (χ4v) is 0.854. The minimum atomic E-state index is 0.726. The average Bonchev–Trinajstić information content (AvgIpc) is 2.37. The highest BCUT2D eigenvalue weighted by Gasteiger charge is 1.96. The summed E-state index contributed by atoms with van der Waals surface area (Å²) in [5.74, 6) is 0. The van der Waals surface area contributed by atoms with Crippen LogP contribution in [0.1, 0.15) is 12.1 Å². The van der Waals surface area contributed by atoms with Crippen molar-refractivity contribution >= 4 is 5.69 Å². The van der Waals surface area contributed by atoms with Gasteiger partial charge in [-0.1, -0.05) is 0 Å². The highest BCUT2D eigenvalue weighted by molar-refractivity contribution is 5.44. The van der Waals surface area contributed by atoms with Crippen molar-refractivity contribution in [3.8, 4) is 0 Å². The normalized spacial score (nSPS) is 10.0. The van der Waals surface area contributed by atoms with Crippen LogP contribution in [0.5, 0.6) is 0 Å². The van der Waals surface area contributed by atoms with Crippen LogP contribution in [0.25, 0.3) is 0 Å². The summed E-state index contributed by atoms with van der Waals surface area (Å²) >= 11 is 0. The second-order valence-corrected chi connectivity index (χ2v) is 2.48. The molecule has 0 unspecified atom stereocenters. The Labute approximate surface area is 66.2 Å². The Morgan fingerprint density at radius 3 is 3.09 bits per heavy atom. The van der Waals surface area contributed by atoms with E-state index in [9.17, 15) is 0 Å². The van der Waals surface area contributed by atoms with Gasteiger partial charge in [0, 0.05) is 6.54 Å². The number of rotatable bonds is 4. The maximum absolute atomic E-state index is 5.34. The minimum Gasteiger partial charge on any atom is -0.382 e. The quantitative estimate of drug-likeness (QED) is 0.552. The summed E-state index contributed by atoms with van der Waals surface area (Å²) in [6.07, 6.45) is 2.77. The lowest BCUT2D eigenvalue weighted by atomic mass is 10.3. The monoisotopic (exact) mass is 154 g/mol. The molecule has 0 bridgehead atoms. The molecule has 0 atom stereocenters. The zero-order chi connectivity index (χ0) is 8.10. The summed E-state index contributed by atoms with van der Waals surface area (Å²) < 4.78 is 0. The number of hydrogen-bond acceptors (Lipinski definition) is 3. The van der Waals surface area contributed by atoms with Gasteiger partial charge in [0.05, 0.1) is 17.6 Å². The number of aromatic nitrogens is 2. The molecule has 0 saturated carbocycles. The van der Waals surface area contributed by atoms with Crippen LogP contribution in [-0.4, -0.2) is 23.3 Å². The Morgan fingerprint density at radius 1 is 1.73 bits per heavy atom. The Balaban J connectivity index is 2.32. The molecule has 11 heavy (non-hydrogen) atoms. The van der Waals surface area contributed by atoms with Gasteiger partial charge in [0.15, 0.2) is 0 Å². The minimum absolute atomic E-state index is 0.726. The zero-order valence-corrected chi connectivity index (χ0v) is 6.72. The number of hydrogen-bond donors (Lipinski definition) is 3. The Bertz CT molecular complexity index is 206. The Morgan fingerprint density at radius 2 is 2.55 bits per heavy atom. The lowest BCUT2D eigenvalue weighted by Crippen LogP contribution is -2.08. The van der Waals surface area contributed by atoms with E-state index < -0.39 is 0 Å². The summed E-state index contributed by atoms with van der Waals surface area (Å²) in [4.78, 5) is 0. The first-order valence-electron chi connectivity index (χ1n) is 3.78. The smallest absolute Gasteiger partial charge is 0.0753 e. The van der Waals surface area contributed by atoms with Crippen molar-refractivity contribution in [2.24, 2.45) is 5.73 Å². The number of nitrogens with one attached hydrogen (secondary N) is 2. The molecular weight excluding hydrogens is 140 g/mol. The van der Waals surface area contributed by atoms with Crippen LogP contribution in [0.15, 0.2) is 6.20 Å². The van der Waals surface area contributed by atoms with E-state index in [0.29, 0.717) is 0 Å². The summed E-state index contributed by atoms with van der Waals surface area (Å²) in [6.45, 7) is 3.62. The molecule has 1 rings (SSSR count). The first-order valence-corrected chi connectivity index (χ1v) is 3.78. The van der Waals surface area contributed by atoms with Gasteiger partial charge in [-0.2, -0.15) is 5.10 Å². The van der Waals surface area contributed by atoms with Gasteiger partial charge in [-0.25, -0.2) is 0 Å². The second-order valence-electron chi connectivity index (χ2n) is 2.48. The molecule has 0 saturated heterocycles. The molecule has 0 spiro atoms. The molecule has 0 aliphatic carbocycles. The summed E-state index contributed by atoms with van der Waals surface area (Å²) in [5.41, 5.74) is 7.48. The molecule has 1 heterocycles. The molecule has 0 aliphatic rings. The highest BCUT2D eigenvalue weighted by atomic mass is 15.1. The second kappa shape index (κ2) is 3.98. The zero-order valence-electron chi connectivity index (χ0n) is 6.72. The lowest BCUT2D eigenvalue weighted by molar-refractivity contribution is 0.873. The van der Waals surface area contributed by atoms with E-state index in [2.05, 4.69) is 15.5 Å². The van der Waals surface area contributed by atoms with Gasteiger partial charge in [-0.05, 0) is 19.9 Å². The van der Waals surface area contributed by atoms with Gasteiger partial charge in [0.25, 0.3) is 0 Å². The van der Waals surface area contributed by atoms with Crippen molar-refractivity contribution < 1.29 is 0 Å². The van der Waals surface area contributed by atoms with Gasteiger partial charge >= 0.3 is 0 Å². The van der Waals surface area contributed by atoms with Crippen LogP contribution in [0, 0.1) is 6.92 Å². The molecular formula is C7H14N4. The fraction of sp³-hybridized carbons (Fsp3) is 0.571. The number of nitrogens with two attached hydrogens (primary N) is 1. The van der Waals surface area contributed by atoms with E-state index >= 15 is 0 Å². The van der Waals surface area contributed by atoms with E-state index in [0.717, 1.165) is 30.9 Å². The number of aromatic amines is 1. The van der Waals surface area contributed by atoms with Crippen molar-refractivity contribution in [3.05, 3.63) is 11.9 Å². The molecule has 4 N–H and O–H groups in total. The maximum atomic E-state index is 5.34. The molecule has 62 valence electrons. The Hall–Kier alpha value is -1.03. The van der Waals surface area contributed by atoms with Crippen molar-refractivity contribution in [3.63, 3.8) is 0 Å². The fourth-order valence-electron chi connectivity index (χ4n) is 0.854. The molecule has 0 amide bonds. The van der Waals surface area contributed by atoms with Crippen molar-refractivity contribution in [1.29, 1.82) is 0 Å². The van der Waals surface area contributed by atoms with Crippen LogP contribution in [0.4, 0.5) is 5.69 Å². The summed E-state index contributed by atoms with van der Waals surface area (Å²) in [6, 6.07) is 0.